The number of fused-ring (bicyclic) bond motifs is 1. The highest BCUT2D eigenvalue weighted by molar-refractivity contribution is 5.98. The molecule has 1 aliphatic heterocycles. The predicted molar refractivity (Wildman–Crippen MR) is 145 cm³/mol. The topological polar surface area (TPSA) is 61.5 Å². The van der Waals surface area contributed by atoms with Gasteiger partial charge in [-0.2, -0.15) is 5.26 Å². The summed E-state index contributed by atoms with van der Waals surface area (Å²) in [6.07, 6.45) is 2.11. The summed E-state index contributed by atoms with van der Waals surface area (Å²) in [6, 6.07) is 23.7. The Morgan fingerprint density at radius 3 is 2.44 bits per heavy atom. The monoisotopic (exact) mass is 478 g/mol. The standard InChI is InChI=1S/C30H30N4O2/c1-21-18-34(25-13-11-24(12-14-25)33-15-16-36-26(20-33)19-32(2)3)30(35)28-6-4-5-27(29(21)28)23-9-7-22(17-31)8-10-23/h4-14,18,26H,15-16,19-20H2,1-3H3. The number of aryl methyl sites for hydroxylation is 1. The zero-order valence-corrected chi connectivity index (χ0v) is 20.9. The van der Waals surface area contributed by atoms with Crippen molar-refractivity contribution < 1.29 is 4.74 Å². The van der Waals surface area contributed by atoms with E-state index in [9.17, 15) is 4.79 Å². The van der Waals surface area contributed by atoms with Crippen LogP contribution >= 0.6 is 0 Å². The van der Waals surface area contributed by atoms with Crippen LogP contribution in [0, 0.1) is 18.3 Å². The van der Waals surface area contributed by atoms with Crippen LogP contribution in [0.15, 0.2) is 77.7 Å². The summed E-state index contributed by atoms with van der Waals surface area (Å²) < 4.78 is 7.65. The maximum Gasteiger partial charge on any atom is 0.262 e. The SMILES string of the molecule is Cc1cn(-c2ccc(N3CCOC(CN(C)C)C3)cc2)c(=O)c2cccc(-c3ccc(C#N)cc3)c12. The van der Waals surface area contributed by atoms with Gasteiger partial charge in [-0.05, 0) is 85.6 Å². The fourth-order valence-electron chi connectivity index (χ4n) is 5.05. The summed E-state index contributed by atoms with van der Waals surface area (Å²) in [5, 5.41) is 10.7. The highest BCUT2D eigenvalue weighted by Crippen LogP contribution is 2.30. The van der Waals surface area contributed by atoms with Crippen LogP contribution in [0.3, 0.4) is 0 Å². The summed E-state index contributed by atoms with van der Waals surface area (Å²) in [5.41, 5.74) is 5.56. The molecule has 0 N–H and O–H groups in total. The third kappa shape index (κ3) is 4.64. The minimum absolute atomic E-state index is 0.0451. The van der Waals surface area contributed by atoms with E-state index in [0.717, 1.165) is 53.1 Å². The minimum atomic E-state index is -0.0451. The second kappa shape index (κ2) is 9.98. The first-order valence-corrected chi connectivity index (χ1v) is 12.2. The molecule has 0 radical (unpaired) electrons. The first-order chi connectivity index (χ1) is 17.4. The number of likely N-dealkylation sites (N-methyl/N-ethyl adjacent to an activating group) is 1. The van der Waals surface area contributed by atoms with E-state index in [-0.39, 0.29) is 11.7 Å². The molecule has 1 saturated heterocycles. The second-order valence-corrected chi connectivity index (χ2v) is 9.62. The van der Waals surface area contributed by atoms with Crippen LogP contribution in [0.4, 0.5) is 5.69 Å². The number of ether oxygens (including phenoxy) is 1. The molecule has 1 atom stereocenters. The summed E-state index contributed by atoms with van der Waals surface area (Å²) in [4.78, 5) is 18.1. The lowest BCUT2D eigenvalue weighted by Crippen LogP contribution is -2.46. The van der Waals surface area contributed by atoms with Crippen LogP contribution in [0.1, 0.15) is 11.1 Å². The van der Waals surface area contributed by atoms with Gasteiger partial charge in [0, 0.05) is 42.6 Å². The average Bonchev–Trinajstić information content (AvgIpc) is 2.90. The van der Waals surface area contributed by atoms with E-state index in [0.29, 0.717) is 17.6 Å². The van der Waals surface area contributed by atoms with E-state index < -0.39 is 0 Å². The molecule has 0 bridgehead atoms. The number of hydrogen-bond donors (Lipinski definition) is 0. The molecule has 0 spiro atoms. The molecule has 1 unspecified atom stereocenters. The Bertz CT molecular complexity index is 1480. The molecule has 36 heavy (non-hydrogen) atoms. The molecule has 0 aliphatic carbocycles. The van der Waals surface area contributed by atoms with Crippen molar-refractivity contribution in [3.05, 3.63) is 94.4 Å². The van der Waals surface area contributed by atoms with Crippen molar-refractivity contribution in [2.75, 3.05) is 45.2 Å². The Hall–Kier alpha value is -3.92. The number of nitriles is 1. The smallest absolute Gasteiger partial charge is 0.262 e. The van der Waals surface area contributed by atoms with Gasteiger partial charge in [-0.3, -0.25) is 9.36 Å². The van der Waals surface area contributed by atoms with Crippen molar-refractivity contribution in [1.29, 1.82) is 5.26 Å². The van der Waals surface area contributed by atoms with Crippen molar-refractivity contribution in [1.82, 2.24) is 9.47 Å². The summed E-state index contributed by atoms with van der Waals surface area (Å²) in [7, 11) is 4.13. The van der Waals surface area contributed by atoms with Crippen LogP contribution in [0.25, 0.3) is 27.6 Å². The molecule has 5 rings (SSSR count). The van der Waals surface area contributed by atoms with Gasteiger partial charge in [0.25, 0.3) is 5.56 Å². The Balaban J connectivity index is 1.48. The number of pyridine rings is 1. The van der Waals surface area contributed by atoms with Crippen LogP contribution in [0.5, 0.6) is 0 Å². The van der Waals surface area contributed by atoms with E-state index in [1.54, 1.807) is 4.57 Å². The van der Waals surface area contributed by atoms with Gasteiger partial charge in [0.15, 0.2) is 0 Å². The highest BCUT2D eigenvalue weighted by Gasteiger charge is 2.21. The van der Waals surface area contributed by atoms with Crippen molar-refractivity contribution in [2.24, 2.45) is 0 Å². The van der Waals surface area contributed by atoms with E-state index in [4.69, 9.17) is 10.00 Å². The van der Waals surface area contributed by atoms with E-state index in [1.807, 2.05) is 67.7 Å². The molecule has 6 nitrogen and oxygen atoms in total. The molecule has 1 aliphatic rings. The van der Waals surface area contributed by atoms with E-state index >= 15 is 0 Å². The first kappa shape index (κ1) is 23.8. The molecular formula is C30H30N4O2. The number of benzene rings is 3. The van der Waals surface area contributed by atoms with Gasteiger partial charge in [0.2, 0.25) is 0 Å². The van der Waals surface area contributed by atoms with Gasteiger partial charge in [-0.25, -0.2) is 0 Å². The van der Waals surface area contributed by atoms with Gasteiger partial charge in [-0.15, -0.1) is 0 Å². The van der Waals surface area contributed by atoms with Crippen LogP contribution in [0.2, 0.25) is 0 Å². The Morgan fingerprint density at radius 1 is 1.03 bits per heavy atom. The zero-order chi connectivity index (χ0) is 25.2. The summed E-state index contributed by atoms with van der Waals surface area (Å²) >= 11 is 0. The molecule has 0 saturated carbocycles. The van der Waals surface area contributed by atoms with Crippen molar-refractivity contribution in [2.45, 2.75) is 13.0 Å². The van der Waals surface area contributed by atoms with Crippen molar-refractivity contribution in [3.63, 3.8) is 0 Å². The lowest BCUT2D eigenvalue weighted by Gasteiger charge is -2.35. The highest BCUT2D eigenvalue weighted by atomic mass is 16.5. The van der Waals surface area contributed by atoms with Crippen molar-refractivity contribution >= 4 is 16.5 Å². The summed E-state index contributed by atoms with van der Waals surface area (Å²) in [5.74, 6) is 0. The van der Waals surface area contributed by atoms with Gasteiger partial charge in [0.1, 0.15) is 0 Å². The lowest BCUT2D eigenvalue weighted by molar-refractivity contribution is 0.0248. The Morgan fingerprint density at radius 2 is 1.75 bits per heavy atom. The van der Waals surface area contributed by atoms with Gasteiger partial charge in [0.05, 0.1) is 24.3 Å². The van der Waals surface area contributed by atoms with Crippen molar-refractivity contribution in [3.8, 4) is 22.9 Å². The minimum Gasteiger partial charge on any atom is -0.373 e. The first-order valence-electron chi connectivity index (χ1n) is 12.2. The fraction of sp³-hybridized carbons (Fsp3) is 0.267. The lowest BCUT2D eigenvalue weighted by atomic mass is 9.96. The average molecular weight is 479 g/mol. The molecule has 0 amide bonds. The van der Waals surface area contributed by atoms with E-state index in [1.165, 1.54) is 0 Å². The molecule has 1 fully saturated rings. The van der Waals surface area contributed by atoms with Crippen LogP contribution < -0.4 is 10.5 Å². The largest absolute Gasteiger partial charge is 0.373 e. The van der Waals surface area contributed by atoms with Gasteiger partial charge >= 0.3 is 0 Å². The molecule has 6 heteroatoms. The van der Waals surface area contributed by atoms with Gasteiger partial charge in [-0.1, -0.05) is 24.3 Å². The zero-order valence-electron chi connectivity index (χ0n) is 20.9. The Labute approximate surface area is 211 Å². The molecule has 2 heterocycles. The maximum absolute atomic E-state index is 13.6. The maximum atomic E-state index is 13.6. The van der Waals surface area contributed by atoms with Crippen LogP contribution in [-0.2, 0) is 4.74 Å². The second-order valence-electron chi connectivity index (χ2n) is 9.62. The number of rotatable bonds is 5. The van der Waals surface area contributed by atoms with Gasteiger partial charge < -0.3 is 14.5 Å². The number of aromatic nitrogens is 1. The molecule has 1 aromatic heterocycles. The fourth-order valence-corrected chi connectivity index (χ4v) is 5.05. The molecule has 4 aromatic rings. The molecule has 3 aromatic carbocycles. The number of nitrogens with zero attached hydrogens (tertiary/aromatic N) is 4. The third-order valence-electron chi connectivity index (χ3n) is 6.76. The van der Waals surface area contributed by atoms with Crippen LogP contribution in [-0.4, -0.2) is 55.9 Å². The molecular weight excluding hydrogens is 448 g/mol. The number of hydrogen-bond acceptors (Lipinski definition) is 5. The normalized spacial score (nSPS) is 15.9. The number of anilines is 1. The third-order valence-corrected chi connectivity index (χ3v) is 6.76. The Kier molecular flexibility index (Phi) is 6.60. The number of morpholine rings is 1. The molecule has 182 valence electrons. The van der Waals surface area contributed by atoms with E-state index in [2.05, 4.69) is 42.1 Å². The predicted octanol–water partition coefficient (Wildman–Crippen LogP) is 4.60. The quantitative estimate of drug-likeness (QED) is 0.419. The summed E-state index contributed by atoms with van der Waals surface area (Å²) in [6.45, 7) is 5.36.